The van der Waals surface area contributed by atoms with Gasteiger partial charge in [0, 0.05) is 23.4 Å². The summed E-state index contributed by atoms with van der Waals surface area (Å²) < 4.78 is 0. The van der Waals surface area contributed by atoms with Gasteiger partial charge in [-0.1, -0.05) is 24.3 Å². The van der Waals surface area contributed by atoms with Crippen LogP contribution in [-0.2, 0) is 0 Å². The molecule has 2 rings (SSSR count). The first-order chi connectivity index (χ1) is 9.90. The molecule has 0 saturated carbocycles. The molecule has 0 aliphatic carbocycles. The van der Waals surface area contributed by atoms with E-state index in [-0.39, 0.29) is 11.6 Å². The third kappa shape index (κ3) is 3.08. The van der Waals surface area contributed by atoms with Crippen LogP contribution in [-0.4, -0.2) is 10.8 Å². The summed E-state index contributed by atoms with van der Waals surface area (Å²) in [7, 11) is 0. The van der Waals surface area contributed by atoms with Crippen LogP contribution in [0.3, 0.4) is 0 Å². The Morgan fingerprint density at radius 2 is 1.67 bits per heavy atom. The van der Waals surface area contributed by atoms with E-state index < -0.39 is 4.92 Å². The number of hydrogen-bond donors (Lipinski definition) is 1. The maximum absolute atomic E-state index is 12.4. The van der Waals surface area contributed by atoms with Crippen LogP contribution < -0.4 is 5.32 Å². The van der Waals surface area contributed by atoms with Crippen molar-refractivity contribution in [3.8, 4) is 0 Å². The number of para-hydroxylation sites is 1. The summed E-state index contributed by atoms with van der Waals surface area (Å²) >= 11 is 0. The standard InChI is InChI=1S/C16H16N2O3/c1-10-7-8-13(18(20)21)9-14(10)16(19)17-15-11(2)5-4-6-12(15)3/h4-9H,1-3H3,(H,17,19). The highest BCUT2D eigenvalue weighted by Crippen LogP contribution is 2.22. The fourth-order valence-electron chi connectivity index (χ4n) is 2.16. The van der Waals surface area contributed by atoms with Crippen molar-refractivity contribution >= 4 is 17.3 Å². The van der Waals surface area contributed by atoms with Crippen molar-refractivity contribution in [2.75, 3.05) is 5.32 Å². The minimum absolute atomic E-state index is 0.0905. The average Bonchev–Trinajstić information content (AvgIpc) is 2.43. The van der Waals surface area contributed by atoms with Gasteiger partial charge in [-0.25, -0.2) is 0 Å². The molecule has 0 bridgehead atoms. The summed E-state index contributed by atoms with van der Waals surface area (Å²) in [6.07, 6.45) is 0. The normalized spacial score (nSPS) is 10.2. The molecule has 0 heterocycles. The number of nitro benzene ring substituents is 1. The van der Waals surface area contributed by atoms with Crippen molar-refractivity contribution in [2.45, 2.75) is 20.8 Å². The number of nitro groups is 1. The Labute approximate surface area is 122 Å². The second-order valence-corrected chi connectivity index (χ2v) is 4.98. The van der Waals surface area contributed by atoms with E-state index in [0.29, 0.717) is 11.1 Å². The van der Waals surface area contributed by atoms with Crippen LogP contribution >= 0.6 is 0 Å². The van der Waals surface area contributed by atoms with Gasteiger partial charge in [0.2, 0.25) is 0 Å². The van der Waals surface area contributed by atoms with Gasteiger partial charge in [0.05, 0.1) is 4.92 Å². The number of non-ortho nitro benzene ring substituents is 1. The molecule has 0 aliphatic heterocycles. The number of benzene rings is 2. The second kappa shape index (κ2) is 5.75. The van der Waals surface area contributed by atoms with Crippen molar-refractivity contribution in [3.63, 3.8) is 0 Å². The van der Waals surface area contributed by atoms with Crippen LogP contribution in [0.15, 0.2) is 36.4 Å². The summed E-state index contributed by atoms with van der Waals surface area (Å²) in [6.45, 7) is 5.56. The molecule has 2 aromatic carbocycles. The van der Waals surface area contributed by atoms with Gasteiger partial charge in [-0.3, -0.25) is 14.9 Å². The van der Waals surface area contributed by atoms with Gasteiger partial charge in [0.25, 0.3) is 11.6 Å². The highest BCUT2D eigenvalue weighted by molar-refractivity contribution is 6.06. The topological polar surface area (TPSA) is 72.2 Å². The Bertz CT molecular complexity index is 703. The molecule has 5 nitrogen and oxygen atoms in total. The molecule has 0 atom stereocenters. The van der Waals surface area contributed by atoms with Crippen molar-refractivity contribution < 1.29 is 9.72 Å². The summed E-state index contributed by atoms with van der Waals surface area (Å²) in [5, 5.41) is 13.7. The maximum Gasteiger partial charge on any atom is 0.270 e. The molecule has 0 aliphatic rings. The first-order valence-electron chi connectivity index (χ1n) is 6.52. The van der Waals surface area contributed by atoms with E-state index in [1.165, 1.54) is 12.1 Å². The van der Waals surface area contributed by atoms with Crippen LogP contribution in [0, 0.1) is 30.9 Å². The van der Waals surface area contributed by atoms with Crippen LogP contribution in [0.4, 0.5) is 11.4 Å². The van der Waals surface area contributed by atoms with Crippen LogP contribution in [0.2, 0.25) is 0 Å². The monoisotopic (exact) mass is 284 g/mol. The minimum atomic E-state index is -0.505. The fourth-order valence-corrected chi connectivity index (χ4v) is 2.16. The first-order valence-corrected chi connectivity index (χ1v) is 6.52. The van der Waals surface area contributed by atoms with Crippen LogP contribution in [0.5, 0.6) is 0 Å². The number of carbonyl (C=O) groups excluding carboxylic acids is 1. The highest BCUT2D eigenvalue weighted by atomic mass is 16.6. The first kappa shape index (κ1) is 14.7. The number of nitrogens with zero attached hydrogens (tertiary/aromatic N) is 1. The molecule has 0 fully saturated rings. The van der Waals surface area contributed by atoms with Gasteiger partial charge in [0.1, 0.15) is 0 Å². The summed E-state index contributed by atoms with van der Waals surface area (Å²) in [6, 6.07) is 10.0. The van der Waals surface area contributed by atoms with Crippen molar-refractivity contribution in [3.05, 3.63) is 68.8 Å². The second-order valence-electron chi connectivity index (χ2n) is 4.98. The third-order valence-electron chi connectivity index (χ3n) is 3.40. The number of anilines is 1. The lowest BCUT2D eigenvalue weighted by Crippen LogP contribution is -2.15. The molecule has 0 unspecified atom stereocenters. The van der Waals surface area contributed by atoms with Gasteiger partial charge in [0.15, 0.2) is 0 Å². The summed E-state index contributed by atoms with van der Waals surface area (Å²) in [4.78, 5) is 22.7. The molecule has 21 heavy (non-hydrogen) atoms. The molecule has 2 aromatic rings. The number of aryl methyl sites for hydroxylation is 3. The van der Waals surface area contributed by atoms with E-state index in [1.54, 1.807) is 13.0 Å². The highest BCUT2D eigenvalue weighted by Gasteiger charge is 2.16. The number of rotatable bonds is 3. The van der Waals surface area contributed by atoms with E-state index in [1.807, 2.05) is 32.0 Å². The average molecular weight is 284 g/mol. The molecule has 0 aromatic heterocycles. The number of amides is 1. The molecular formula is C16H16N2O3. The van der Waals surface area contributed by atoms with E-state index in [0.717, 1.165) is 16.8 Å². The third-order valence-corrected chi connectivity index (χ3v) is 3.40. The molecule has 1 N–H and O–H groups in total. The fraction of sp³-hybridized carbons (Fsp3) is 0.188. The zero-order valence-corrected chi connectivity index (χ0v) is 12.1. The van der Waals surface area contributed by atoms with Crippen molar-refractivity contribution in [1.29, 1.82) is 0 Å². The Morgan fingerprint density at radius 3 is 2.24 bits per heavy atom. The smallest absolute Gasteiger partial charge is 0.270 e. The molecule has 0 saturated heterocycles. The minimum Gasteiger partial charge on any atom is -0.321 e. The molecule has 1 amide bonds. The van der Waals surface area contributed by atoms with Gasteiger partial charge < -0.3 is 5.32 Å². The quantitative estimate of drug-likeness (QED) is 0.688. The Hall–Kier alpha value is -2.69. The van der Waals surface area contributed by atoms with Gasteiger partial charge in [-0.15, -0.1) is 0 Å². The zero-order valence-electron chi connectivity index (χ0n) is 12.1. The Balaban J connectivity index is 2.37. The molecule has 0 radical (unpaired) electrons. The molecule has 5 heteroatoms. The summed E-state index contributed by atoms with van der Waals surface area (Å²) in [5.74, 6) is -0.339. The van der Waals surface area contributed by atoms with Crippen molar-refractivity contribution in [1.82, 2.24) is 0 Å². The predicted molar refractivity (Wildman–Crippen MR) is 81.7 cm³/mol. The van der Waals surface area contributed by atoms with Gasteiger partial charge in [-0.2, -0.15) is 0 Å². The lowest BCUT2D eigenvalue weighted by molar-refractivity contribution is -0.384. The lowest BCUT2D eigenvalue weighted by Gasteiger charge is -2.12. The van der Waals surface area contributed by atoms with Gasteiger partial charge >= 0.3 is 0 Å². The summed E-state index contributed by atoms with van der Waals surface area (Å²) in [5.41, 5.74) is 3.56. The van der Waals surface area contributed by atoms with E-state index >= 15 is 0 Å². The van der Waals surface area contributed by atoms with E-state index in [2.05, 4.69) is 5.32 Å². The van der Waals surface area contributed by atoms with Crippen LogP contribution in [0.25, 0.3) is 0 Å². The molecule has 108 valence electrons. The number of hydrogen-bond acceptors (Lipinski definition) is 3. The Morgan fingerprint density at radius 1 is 1.05 bits per heavy atom. The number of carbonyl (C=O) groups is 1. The SMILES string of the molecule is Cc1ccc([N+](=O)[O-])cc1C(=O)Nc1c(C)cccc1C. The maximum atomic E-state index is 12.4. The van der Waals surface area contributed by atoms with Gasteiger partial charge in [-0.05, 0) is 37.5 Å². The van der Waals surface area contributed by atoms with Crippen LogP contribution in [0.1, 0.15) is 27.0 Å². The molecule has 0 spiro atoms. The molecular weight excluding hydrogens is 268 g/mol. The lowest BCUT2D eigenvalue weighted by atomic mass is 10.1. The van der Waals surface area contributed by atoms with E-state index in [4.69, 9.17) is 0 Å². The largest absolute Gasteiger partial charge is 0.321 e. The van der Waals surface area contributed by atoms with E-state index in [9.17, 15) is 14.9 Å². The van der Waals surface area contributed by atoms with Crippen molar-refractivity contribution in [2.24, 2.45) is 0 Å². The predicted octanol–water partition coefficient (Wildman–Crippen LogP) is 3.77. The zero-order chi connectivity index (χ0) is 15.6. The number of nitrogens with one attached hydrogen (secondary N) is 1. The Kier molecular flexibility index (Phi) is 4.03.